The van der Waals surface area contributed by atoms with E-state index in [1.54, 1.807) is 7.11 Å². The Morgan fingerprint density at radius 3 is 2.71 bits per heavy atom. The van der Waals surface area contributed by atoms with Crippen LogP contribution >= 0.6 is 0 Å². The minimum absolute atomic E-state index is 0.455. The van der Waals surface area contributed by atoms with Crippen molar-refractivity contribution in [3.8, 4) is 0 Å². The van der Waals surface area contributed by atoms with Gasteiger partial charge in [-0.25, -0.2) is 0 Å². The molecule has 0 amide bonds. The molecule has 1 aliphatic carbocycles. The summed E-state index contributed by atoms with van der Waals surface area (Å²) in [5.74, 6) is 1.15. The Hall–Kier alpha value is -0.120. The van der Waals surface area contributed by atoms with Gasteiger partial charge in [-0.3, -0.25) is 0 Å². The molecular weight excluding hydrogens is 214 g/mol. The molecule has 0 radical (unpaired) electrons. The number of aliphatic hydroxyl groups is 1. The van der Waals surface area contributed by atoms with Crippen LogP contribution in [0.2, 0.25) is 0 Å². The zero-order chi connectivity index (χ0) is 12.7. The van der Waals surface area contributed by atoms with Gasteiger partial charge in [0.15, 0.2) is 0 Å². The zero-order valence-electron chi connectivity index (χ0n) is 11.7. The van der Waals surface area contributed by atoms with Crippen LogP contribution in [0.3, 0.4) is 0 Å². The number of ether oxygens (including phenoxy) is 1. The van der Waals surface area contributed by atoms with Crippen LogP contribution in [0.1, 0.15) is 46.0 Å². The Balaban J connectivity index is 2.42. The first kappa shape index (κ1) is 14.9. The van der Waals surface area contributed by atoms with E-state index < -0.39 is 5.60 Å². The molecule has 1 fully saturated rings. The molecule has 2 N–H and O–H groups in total. The first-order valence-corrected chi connectivity index (χ1v) is 7.04. The molecule has 3 unspecified atom stereocenters. The van der Waals surface area contributed by atoms with Crippen molar-refractivity contribution in [1.29, 1.82) is 0 Å². The first-order valence-electron chi connectivity index (χ1n) is 7.04. The van der Waals surface area contributed by atoms with Gasteiger partial charge in [-0.2, -0.15) is 0 Å². The minimum atomic E-state index is -0.575. The van der Waals surface area contributed by atoms with Gasteiger partial charge >= 0.3 is 0 Å². The summed E-state index contributed by atoms with van der Waals surface area (Å²) in [7, 11) is 1.70. The second-order valence-corrected chi connectivity index (χ2v) is 5.59. The summed E-state index contributed by atoms with van der Waals surface area (Å²) in [5.41, 5.74) is -0.575. The molecule has 0 aromatic heterocycles. The second kappa shape index (κ2) is 7.34. The first-order chi connectivity index (χ1) is 8.11. The summed E-state index contributed by atoms with van der Waals surface area (Å²) < 4.78 is 5.00. The van der Waals surface area contributed by atoms with Crippen molar-refractivity contribution in [2.45, 2.75) is 51.6 Å². The number of nitrogens with one attached hydrogen (secondary N) is 1. The smallest absolute Gasteiger partial charge is 0.0774 e. The maximum absolute atomic E-state index is 10.6. The zero-order valence-corrected chi connectivity index (χ0v) is 11.7. The van der Waals surface area contributed by atoms with E-state index in [0.717, 1.165) is 6.54 Å². The maximum Gasteiger partial charge on any atom is 0.0774 e. The van der Waals surface area contributed by atoms with Crippen LogP contribution in [0.25, 0.3) is 0 Å². The lowest BCUT2D eigenvalue weighted by atomic mass is 9.69. The van der Waals surface area contributed by atoms with E-state index in [0.29, 0.717) is 25.0 Å². The predicted octanol–water partition coefficient (Wildman–Crippen LogP) is 2.19. The lowest BCUT2D eigenvalue weighted by Crippen LogP contribution is -2.48. The maximum atomic E-state index is 10.6. The number of methoxy groups -OCH3 is 1. The Labute approximate surface area is 106 Å². The third-order valence-electron chi connectivity index (χ3n) is 4.20. The molecule has 1 rings (SSSR count). The van der Waals surface area contributed by atoms with Gasteiger partial charge in [0.1, 0.15) is 0 Å². The van der Waals surface area contributed by atoms with Gasteiger partial charge in [-0.1, -0.05) is 32.6 Å². The fourth-order valence-electron chi connectivity index (χ4n) is 3.16. The Kier molecular flexibility index (Phi) is 6.45. The monoisotopic (exact) mass is 243 g/mol. The molecule has 1 aliphatic rings. The lowest BCUT2D eigenvalue weighted by molar-refractivity contribution is -0.0424. The van der Waals surface area contributed by atoms with Crippen molar-refractivity contribution in [3.05, 3.63) is 0 Å². The molecule has 0 bridgehead atoms. The summed E-state index contributed by atoms with van der Waals surface area (Å²) in [6.45, 7) is 6.44. The molecule has 0 aromatic carbocycles. The van der Waals surface area contributed by atoms with Gasteiger partial charge in [0.05, 0.1) is 12.2 Å². The van der Waals surface area contributed by atoms with E-state index in [1.165, 1.54) is 32.1 Å². The average Bonchev–Trinajstić information content (AvgIpc) is 2.34. The highest BCUT2D eigenvalue weighted by molar-refractivity contribution is 4.90. The topological polar surface area (TPSA) is 41.5 Å². The third-order valence-corrected chi connectivity index (χ3v) is 4.20. The molecule has 0 aliphatic heterocycles. The van der Waals surface area contributed by atoms with Gasteiger partial charge in [-0.15, -0.1) is 0 Å². The minimum Gasteiger partial charge on any atom is -0.389 e. The fourth-order valence-corrected chi connectivity index (χ4v) is 3.16. The number of rotatable bonds is 7. The quantitative estimate of drug-likeness (QED) is 0.674. The molecule has 0 aromatic rings. The van der Waals surface area contributed by atoms with Crippen molar-refractivity contribution in [2.24, 2.45) is 11.8 Å². The van der Waals surface area contributed by atoms with Crippen molar-refractivity contribution >= 4 is 0 Å². The summed E-state index contributed by atoms with van der Waals surface area (Å²) in [6, 6.07) is 0. The van der Waals surface area contributed by atoms with Crippen LogP contribution in [0.15, 0.2) is 0 Å². The predicted molar refractivity (Wildman–Crippen MR) is 71.1 cm³/mol. The van der Waals surface area contributed by atoms with Crippen LogP contribution in [-0.4, -0.2) is 37.5 Å². The van der Waals surface area contributed by atoms with Crippen LogP contribution in [0.5, 0.6) is 0 Å². The molecule has 102 valence electrons. The van der Waals surface area contributed by atoms with Crippen molar-refractivity contribution in [1.82, 2.24) is 5.32 Å². The fraction of sp³-hybridized carbons (Fsp3) is 1.00. The Morgan fingerprint density at radius 1 is 1.35 bits per heavy atom. The normalized spacial score (nSPS) is 28.9. The molecule has 1 saturated carbocycles. The largest absolute Gasteiger partial charge is 0.389 e. The standard InChI is InChI=1S/C14H29NO2/c1-4-12-7-5-6-8-13(12)14(2,16)11-15-9-10-17-3/h12-13,15-16H,4-11H2,1-3H3. The van der Waals surface area contributed by atoms with E-state index in [-0.39, 0.29) is 0 Å². The van der Waals surface area contributed by atoms with Crippen LogP contribution < -0.4 is 5.32 Å². The van der Waals surface area contributed by atoms with Crippen LogP contribution in [-0.2, 0) is 4.74 Å². The Morgan fingerprint density at radius 2 is 2.06 bits per heavy atom. The molecular formula is C14H29NO2. The van der Waals surface area contributed by atoms with E-state index in [1.807, 2.05) is 6.92 Å². The van der Waals surface area contributed by atoms with Gasteiger partial charge in [-0.05, 0) is 25.2 Å². The van der Waals surface area contributed by atoms with Gasteiger partial charge in [0.2, 0.25) is 0 Å². The van der Waals surface area contributed by atoms with Gasteiger partial charge < -0.3 is 15.2 Å². The third kappa shape index (κ3) is 4.57. The van der Waals surface area contributed by atoms with E-state index >= 15 is 0 Å². The highest BCUT2D eigenvalue weighted by Crippen LogP contribution is 2.38. The van der Waals surface area contributed by atoms with Crippen molar-refractivity contribution in [2.75, 3.05) is 26.8 Å². The van der Waals surface area contributed by atoms with Gasteiger partial charge in [0, 0.05) is 20.2 Å². The number of hydrogen-bond acceptors (Lipinski definition) is 3. The molecule has 3 heteroatoms. The summed E-state index contributed by atoms with van der Waals surface area (Å²) >= 11 is 0. The van der Waals surface area contributed by atoms with E-state index in [9.17, 15) is 5.11 Å². The lowest BCUT2D eigenvalue weighted by Gasteiger charge is -2.41. The van der Waals surface area contributed by atoms with Crippen LogP contribution in [0.4, 0.5) is 0 Å². The SMILES string of the molecule is CCC1CCCCC1C(C)(O)CNCCOC. The highest BCUT2D eigenvalue weighted by Gasteiger charge is 2.37. The van der Waals surface area contributed by atoms with Gasteiger partial charge in [0.25, 0.3) is 0 Å². The molecule has 0 heterocycles. The van der Waals surface area contributed by atoms with Crippen molar-refractivity contribution < 1.29 is 9.84 Å². The number of hydrogen-bond donors (Lipinski definition) is 2. The molecule has 0 saturated heterocycles. The molecule has 3 atom stereocenters. The van der Waals surface area contributed by atoms with E-state index in [4.69, 9.17) is 4.74 Å². The Bertz CT molecular complexity index is 206. The summed E-state index contributed by atoms with van der Waals surface area (Å²) in [6.07, 6.45) is 6.27. The summed E-state index contributed by atoms with van der Waals surface area (Å²) in [5, 5.41) is 13.9. The van der Waals surface area contributed by atoms with Crippen molar-refractivity contribution in [3.63, 3.8) is 0 Å². The summed E-state index contributed by atoms with van der Waals surface area (Å²) in [4.78, 5) is 0. The van der Waals surface area contributed by atoms with Crippen LogP contribution in [0, 0.1) is 11.8 Å². The van der Waals surface area contributed by atoms with E-state index in [2.05, 4.69) is 12.2 Å². The molecule has 17 heavy (non-hydrogen) atoms. The highest BCUT2D eigenvalue weighted by atomic mass is 16.5. The molecule has 3 nitrogen and oxygen atoms in total. The molecule has 0 spiro atoms. The second-order valence-electron chi connectivity index (χ2n) is 5.59. The average molecular weight is 243 g/mol.